The largest absolute Gasteiger partial charge is 0.405 e. The molecule has 1 N–H and O–H groups in total. The van der Waals surface area contributed by atoms with Gasteiger partial charge in [0.05, 0.1) is 0 Å². The van der Waals surface area contributed by atoms with E-state index in [9.17, 15) is 13.2 Å². The standard InChI is InChI=1S/C15H22ClF3N2/c1-3-7-20-10-12-5-6-13(16)9-14(12)21(8-4-2)11-15(17,18)19/h5-6,9,20H,3-4,7-8,10-11H2,1-2H3. The molecule has 0 aliphatic rings. The molecule has 1 aromatic rings. The van der Waals surface area contributed by atoms with Gasteiger partial charge in [0.15, 0.2) is 0 Å². The Balaban J connectivity index is 3.00. The monoisotopic (exact) mass is 322 g/mol. The van der Waals surface area contributed by atoms with Crippen molar-refractivity contribution in [1.29, 1.82) is 0 Å². The molecule has 0 unspecified atom stereocenters. The molecule has 0 aromatic heterocycles. The fourth-order valence-electron chi connectivity index (χ4n) is 2.15. The van der Waals surface area contributed by atoms with Crippen LogP contribution in [0, 0.1) is 0 Å². The van der Waals surface area contributed by atoms with Crippen molar-refractivity contribution in [3.8, 4) is 0 Å². The molecule has 0 amide bonds. The molecular weight excluding hydrogens is 301 g/mol. The molecule has 0 saturated carbocycles. The third-order valence-electron chi connectivity index (χ3n) is 2.99. The van der Waals surface area contributed by atoms with Crippen LogP contribution in [0.1, 0.15) is 32.3 Å². The smallest absolute Gasteiger partial charge is 0.362 e. The third-order valence-corrected chi connectivity index (χ3v) is 3.23. The summed E-state index contributed by atoms with van der Waals surface area (Å²) in [5.41, 5.74) is 1.40. The number of alkyl halides is 3. The minimum absolute atomic E-state index is 0.348. The van der Waals surface area contributed by atoms with Gasteiger partial charge in [0.1, 0.15) is 6.54 Å². The Morgan fingerprint density at radius 3 is 2.48 bits per heavy atom. The number of nitrogens with zero attached hydrogens (tertiary/aromatic N) is 1. The van der Waals surface area contributed by atoms with Crippen LogP contribution in [-0.4, -0.2) is 25.8 Å². The van der Waals surface area contributed by atoms with Crippen molar-refractivity contribution in [2.75, 3.05) is 24.5 Å². The molecule has 1 aromatic carbocycles. The normalized spacial score (nSPS) is 11.7. The highest BCUT2D eigenvalue weighted by molar-refractivity contribution is 6.30. The van der Waals surface area contributed by atoms with Gasteiger partial charge in [-0.1, -0.05) is 31.5 Å². The number of anilines is 1. The van der Waals surface area contributed by atoms with Crippen molar-refractivity contribution in [1.82, 2.24) is 5.32 Å². The fourth-order valence-corrected chi connectivity index (χ4v) is 2.32. The summed E-state index contributed by atoms with van der Waals surface area (Å²) in [7, 11) is 0. The first kappa shape index (κ1) is 18.1. The van der Waals surface area contributed by atoms with Crippen molar-refractivity contribution in [3.05, 3.63) is 28.8 Å². The van der Waals surface area contributed by atoms with E-state index in [1.165, 1.54) is 4.90 Å². The van der Waals surface area contributed by atoms with E-state index in [1.54, 1.807) is 18.2 Å². The van der Waals surface area contributed by atoms with E-state index in [4.69, 9.17) is 11.6 Å². The van der Waals surface area contributed by atoms with Gasteiger partial charge in [-0.15, -0.1) is 0 Å². The first-order valence-electron chi connectivity index (χ1n) is 7.18. The zero-order valence-electron chi connectivity index (χ0n) is 12.4. The van der Waals surface area contributed by atoms with Crippen molar-refractivity contribution in [2.45, 2.75) is 39.4 Å². The zero-order valence-corrected chi connectivity index (χ0v) is 13.2. The molecule has 0 fully saturated rings. The van der Waals surface area contributed by atoms with Gasteiger partial charge in [-0.3, -0.25) is 0 Å². The number of halogens is 4. The Labute approximate surface area is 129 Å². The van der Waals surface area contributed by atoms with Crippen LogP contribution in [0.3, 0.4) is 0 Å². The van der Waals surface area contributed by atoms with Gasteiger partial charge >= 0.3 is 6.18 Å². The maximum absolute atomic E-state index is 12.8. The summed E-state index contributed by atoms with van der Waals surface area (Å²) in [5, 5.41) is 3.67. The van der Waals surface area contributed by atoms with E-state index in [0.29, 0.717) is 30.2 Å². The zero-order chi connectivity index (χ0) is 15.9. The van der Waals surface area contributed by atoms with Gasteiger partial charge in [-0.25, -0.2) is 0 Å². The molecule has 0 aliphatic heterocycles. The number of hydrogen-bond donors (Lipinski definition) is 1. The van der Waals surface area contributed by atoms with E-state index in [1.807, 2.05) is 13.8 Å². The van der Waals surface area contributed by atoms with E-state index in [-0.39, 0.29) is 0 Å². The predicted molar refractivity (Wildman–Crippen MR) is 82.0 cm³/mol. The van der Waals surface area contributed by atoms with Crippen LogP contribution in [0.2, 0.25) is 5.02 Å². The molecule has 0 aliphatic carbocycles. The maximum Gasteiger partial charge on any atom is 0.405 e. The highest BCUT2D eigenvalue weighted by Gasteiger charge is 2.31. The fraction of sp³-hybridized carbons (Fsp3) is 0.600. The summed E-state index contributed by atoms with van der Waals surface area (Å²) in [6.45, 7) is 4.67. The second-order valence-electron chi connectivity index (χ2n) is 4.99. The molecule has 0 heterocycles. The summed E-state index contributed by atoms with van der Waals surface area (Å²) in [6, 6.07) is 5.12. The van der Waals surface area contributed by atoms with E-state index in [2.05, 4.69) is 5.32 Å². The quantitative estimate of drug-likeness (QED) is 0.703. The average molecular weight is 323 g/mol. The van der Waals surface area contributed by atoms with E-state index in [0.717, 1.165) is 18.5 Å². The Morgan fingerprint density at radius 1 is 1.19 bits per heavy atom. The van der Waals surface area contributed by atoms with Crippen LogP contribution in [0.15, 0.2) is 18.2 Å². The lowest BCUT2D eigenvalue weighted by Gasteiger charge is -2.28. The molecule has 0 bridgehead atoms. The molecule has 6 heteroatoms. The number of rotatable bonds is 8. The van der Waals surface area contributed by atoms with Gasteiger partial charge < -0.3 is 10.2 Å². The minimum atomic E-state index is -4.23. The van der Waals surface area contributed by atoms with Gasteiger partial charge in [0.25, 0.3) is 0 Å². The highest BCUT2D eigenvalue weighted by Crippen LogP contribution is 2.28. The van der Waals surface area contributed by atoms with Crippen LogP contribution < -0.4 is 10.2 Å². The van der Waals surface area contributed by atoms with Crippen molar-refractivity contribution in [2.24, 2.45) is 0 Å². The Kier molecular flexibility index (Phi) is 7.32. The molecular formula is C15H22ClF3N2. The molecule has 0 radical (unpaired) electrons. The van der Waals surface area contributed by atoms with E-state index < -0.39 is 12.7 Å². The molecule has 0 spiro atoms. The first-order valence-corrected chi connectivity index (χ1v) is 7.56. The van der Waals surface area contributed by atoms with Crippen LogP contribution >= 0.6 is 11.6 Å². The highest BCUT2D eigenvalue weighted by atomic mass is 35.5. The second kappa shape index (κ2) is 8.49. The molecule has 21 heavy (non-hydrogen) atoms. The Hall–Kier alpha value is -0.940. The third kappa shape index (κ3) is 6.57. The topological polar surface area (TPSA) is 15.3 Å². The molecule has 0 atom stereocenters. The van der Waals surface area contributed by atoms with E-state index >= 15 is 0 Å². The van der Waals surface area contributed by atoms with Gasteiger partial charge in [0, 0.05) is 23.8 Å². The molecule has 0 saturated heterocycles. The molecule has 2 nitrogen and oxygen atoms in total. The van der Waals surface area contributed by atoms with Crippen molar-refractivity contribution < 1.29 is 13.2 Å². The van der Waals surface area contributed by atoms with Gasteiger partial charge in [0.2, 0.25) is 0 Å². The van der Waals surface area contributed by atoms with Crippen LogP contribution in [0.25, 0.3) is 0 Å². The SMILES string of the molecule is CCCNCc1ccc(Cl)cc1N(CCC)CC(F)(F)F. The average Bonchev–Trinajstić information content (AvgIpc) is 2.38. The lowest BCUT2D eigenvalue weighted by Crippen LogP contribution is -2.35. The van der Waals surface area contributed by atoms with Crippen molar-refractivity contribution >= 4 is 17.3 Å². The lowest BCUT2D eigenvalue weighted by atomic mass is 10.1. The van der Waals surface area contributed by atoms with Gasteiger partial charge in [-0.05, 0) is 37.1 Å². The molecule has 1 rings (SSSR count). The summed E-state index contributed by atoms with van der Waals surface area (Å²) >= 11 is 5.97. The van der Waals surface area contributed by atoms with Crippen molar-refractivity contribution in [3.63, 3.8) is 0 Å². The summed E-state index contributed by atoms with van der Waals surface area (Å²) in [6.07, 6.45) is -2.61. The summed E-state index contributed by atoms with van der Waals surface area (Å²) < 4.78 is 38.3. The maximum atomic E-state index is 12.8. The summed E-state index contributed by atoms with van der Waals surface area (Å²) in [5.74, 6) is 0. The van der Waals surface area contributed by atoms with Crippen LogP contribution in [0.4, 0.5) is 18.9 Å². The van der Waals surface area contributed by atoms with Gasteiger partial charge in [-0.2, -0.15) is 13.2 Å². The predicted octanol–water partition coefficient (Wildman–Crippen LogP) is 4.62. The lowest BCUT2D eigenvalue weighted by molar-refractivity contribution is -0.119. The second-order valence-corrected chi connectivity index (χ2v) is 5.42. The van der Waals surface area contributed by atoms with Crippen LogP contribution in [-0.2, 0) is 6.54 Å². The number of benzene rings is 1. The first-order chi connectivity index (χ1) is 9.87. The Bertz CT molecular complexity index is 435. The minimum Gasteiger partial charge on any atom is -0.362 e. The molecule has 120 valence electrons. The van der Waals surface area contributed by atoms with Crippen LogP contribution in [0.5, 0.6) is 0 Å². The Morgan fingerprint density at radius 2 is 1.90 bits per heavy atom. The number of nitrogens with one attached hydrogen (secondary N) is 1. The number of hydrogen-bond acceptors (Lipinski definition) is 2. The summed E-state index contributed by atoms with van der Waals surface area (Å²) in [4.78, 5) is 1.36.